The second-order valence-electron chi connectivity index (χ2n) is 5.30. The van der Waals surface area contributed by atoms with Gasteiger partial charge >= 0.3 is 5.97 Å². The molecule has 0 aliphatic carbocycles. The number of nitrogens with one attached hydrogen (secondary N) is 1. The van der Waals surface area contributed by atoms with Crippen LogP contribution in [0.4, 0.5) is 5.13 Å². The van der Waals surface area contributed by atoms with Crippen LogP contribution in [0.5, 0.6) is 0 Å². The Morgan fingerprint density at radius 2 is 2.00 bits per heavy atom. The zero-order valence-electron chi connectivity index (χ0n) is 11.0. The van der Waals surface area contributed by atoms with Crippen LogP contribution in [0.15, 0.2) is 0 Å². The van der Waals surface area contributed by atoms with Gasteiger partial charge in [-0.15, -0.1) is 0 Å². The maximum absolute atomic E-state index is 11.3. The lowest BCUT2D eigenvalue weighted by atomic mass is 9.92. The molecule has 18 heavy (non-hydrogen) atoms. The molecule has 0 spiro atoms. The van der Waals surface area contributed by atoms with Crippen LogP contribution in [0.1, 0.15) is 54.3 Å². The molecule has 0 saturated carbocycles. The van der Waals surface area contributed by atoms with E-state index in [9.17, 15) is 9.59 Å². The molecule has 0 atom stereocenters. The summed E-state index contributed by atoms with van der Waals surface area (Å²) in [4.78, 5) is 26.4. The van der Waals surface area contributed by atoms with Gasteiger partial charge in [-0.05, 0) is 11.8 Å². The maximum Gasteiger partial charge on any atom is 0.356 e. The summed E-state index contributed by atoms with van der Waals surface area (Å²) in [6.07, 6.45) is 0.935. The third-order valence-corrected chi connectivity index (χ3v) is 3.41. The van der Waals surface area contributed by atoms with Crippen LogP contribution in [-0.2, 0) is 0 Å². The quantitative estimate of drug-likeness (QED) is 0.804. The number of carboxylic acids is 1. The standard InChI is InChI=1S/C12H18N2O3S/c1-7(15)9-8(10(16)17)14-11(18-9)13-6-5-12(2,3)4/h5-6H2,1-4H3,(H,13,14)(H,16,17). The lowest BCUT2D eigenvalue weighted by molar-refractivity contribution is 0.0687. The average Bonchev–Trinajstić information content (AvgIpc) is 2.60. The molecule has 1 aromatic rings. The molecular formula is C12H18N2O3S. The fourth-order valence-corrected chi connectivity index (χ4v) is 2.20. The second-order valence-corrected chi connectivity index (χ2v) is 6.29. The zero-order chi connectivity index (χ0) is 13.9. The Hall–Kier alpha value is -1.43. The molecule has 0 aliphatic heterocycles. The van der Waals surface area contributed by atoms with Crippen LogP contribution in [0.3, 0.4) is 0 Å². The number of carboxylic acid groups (broad SMARTS) is 1. The van der Waals surface area contributed by atoms with E-state index in [0.29, 0.717) is 11.7 Å². The van der Waals surface area contributed by atoms with Crippen molar-refractivity contribution < 1.29 is 14.7 Å². The first-order chi connectivity index (χ1) is 8.20. The first kappa shape index (κ1) is 14.6. The number of nitrogens with zero attached hydrogens (tertiary/aromatic N) is 1. The van der Waals surface area contributed by atoms with Crippen molar-refractivity contribution in [2.75, 3.05) is 11.9 Å². The zero-order valence-corrected chi connectivity index (χ0v) is 11.8. The molecule has 0 aliphatic rings. The molecule has 0 fully saturated rings. The normalized spacial score (nSPS) is 11.3. The summed E-state index contributed by atoms with van der Waals surface area (Å²) in [6.45, 7) is 8.42. The van der Waals surface area contributed by atoms with E-state index >= 15 is 0 Å². The van der Waals surface area contributed by atoms with Crippen molar-refractivity contribution in [3.05, 3.63) is 10.6 Å². The van der Waals surface area contributed by atoms with Crippen LogP contribution >= 0.6 is 11.3 Å². The molecule has 1 rings (SSSR count). The number of ketones is 1. The van der Waals surface area contributed by atoms with Crippen molar-refractivity contribution in [2.24, 2.45) is 5.41 Å². The summed E-state index contributed by atoms with van der Waals surface area (Å²) in [7, 11) is 0. The van der Waals surface area contributed by atoms with Gasteiger partial charge in [0.15, 0.2) is 16.6 Å². The highest BCUT2D eigenvalue weighted by molar-refractivity contribution is 7.17. The molecule has 0 radical (unpaired) electrons. The average molecular weight is 270 g/mol. The molecule has 0 amide bonds. The molecule has 1 aromatic heterocycles. The van der Waals surface area contributed by atoms with Gasteiger partial charge in [0.2, 0.25) is 0 Å². The van der Waals surface area contributed by atoms with Crippen molar-refractivity contribution in [2.45, 2.75) is 34.1 Å². The van der Waals surface area contributed by atoms with E-state index in [1.165, 1.54) is 6.92 Å². The lowest BCUT2D eigenvalue weighted by Gasteiger charge is -2.17. The van der Waals surface area contributed by atoms with E-state index in [1.54, 1.807) is 0 Å². The lowest BCUT2D eigenvalue weighted by Crippen LogP contribution is -2.12. The molecular weight excluding hydrogens is 252 g/mol. The number of carbonyl (C=O) groups excluding carboxylic acids is 1. The van der Waals surface area contributed by atoms with Crippen LogP contribution in [-0.4, -0.2) is 28.4 Å². The molecule has 0 unspecified atom stereocenters. The Morgan fingerprint density at radius 3 is 2.39 bits per heavy atom. The third kappa shape index (κ3) is 4.10. The molecule has 100 valence electrons. The number of aromatic nitrogens is 1. The highest BCUT2D eigenvalue weighted by Gasteiger charge is 2.20. The largest absolute Gasteiger partial charge is 0.476 e. The van der Waals surface area contributed by atoms with Crippen molar-refractivity contribution in [3.8, 4) is 0 Å². The summed E-state index contributed by atoms with van der Waals surface area (Å²) >= 11 is 1.09. The van der Waals surface area contributed by atoms with E-state index in [0.717, 1.165) is 17.8 Å². The Labute approximate surface area is 110 Å². The summed E-state index contributed by atoms with van der Waals surface area (Å²) in [6, 6.07) is 0. The maximum atomic E-state index is 11.3. The van der Waals surface area contributed by atoms with Crippen LogP contribution in [0.25, 0.3) is 0 Å². The Balaban J connectivity index is 2.76. The second kappa shape index (κ2) is 5.48. The third-order valence-electron chi connectivity index (χ3n) is 2.30. The first-order valence-corrected chi connectivity index (χ1v) is 6.51. The Bertz CT molecular complexity index is 429. The molecule has 2 N–H and O–H groups in total. The number of carbonyl (C=O) groups is 2. The van der Waals surface area contributed by atoms with Crippen molar-refractivity contribution in [3.63, 3.8) is 0 Å². The summed E-state index contributed by atoms with van der Waals surface area (Å²) < 4.78 is 0. The molecule has 0 bridgehead atoms. The summed E-state index contributed by atoms with van der Waals surface area (Å²) in [5.41, 5.74) is 0.0364. The molecule has 0 saturated heterocycles. The number of hydrogen-bond acceptors (Lipinski definition) is 5. The number of anilines is 1. The fourth-order valence-electron chi connectivity index (χ4n) is 1.32. The smallest absolute Gasteiger partial charge is 0.356 e. The highest BCUT2D eigenvalue weighted by atomic mass is 32.1. The minimum Gasteiger partial charge on any atom is -0.476 e. The number of thiazole rings is 1. The molecule has 6 heteroatoms. The fraction of sp³-hybridized carbons (Fsp3) is 0.583. The Kier molecular flexibility index (Phi) is 4.45. The SMILES string of the molecule is CC(=O)c1sc(NCCC(C)(C)C)nc1C(=O)O. The summed E-state index contributed by atoms with van der Waals surface area (Å²) in [5.74, 6) is -1.44. The summed E-state index contributed by atoms with van der Waals surface area (Å²) in [5, 5.41) is 12.5. The minimum atomic E-state index is -1.17. The van der Waals surface area contributed by atoms with Gasteiger partial charge in [0, 0.05) is 13.5 Å². The number of rotatable bonds is 5. The van der Waals surface area contributed by atoms with Gasteiger partial charge < -0.3 is 10.4 Å². The van der Waals surface area contributed by atoms with Crippen molar-refractivity contribution in [1.82, 2.24) is 4.98 Å². The van der Waals surface area contributed by atoms with Gasteiger partial charge in [-0.1, -0.05) is 32.1 Å². The van der Waals surface area contributed by atoms with E-state index < -0.39 is 5.97 Å². The topological polar surface area (TPSA) is 79.3 Å². The minimum absolute atomic E-state index is 0.161. The number of Topliss-reactive ketones (excluding diaryl/α,β-unsaturated/α-hetero) is 1. The van der Waals surface area contributed by atoms with Crippen LogP contribution < -0.4 is 5.32 Å². The van der Waals surface area contributed by atoms with E-state index in [-0.39, 0.29) is 21.8 Å². The van der Waals surface area contributed by atoms with Gasteiger partial charge in [-0.3, -0.25) is 4.79 Å². The van der Waals surface area contributed by atoms with Gasteiger partial charge in [0.05, 0.1) is 0 Å². The number of aromatic carboxylic acids is 1. The van der Waals surface area contributed by atoms with E-state index in [1.807, 2.05) is 0 Å². The van der Waals surface area contributed by atoms with Crippen LogP contribution in [0.2, 0.25) is 0 Å². The molecule has 0 aromatic carbocycles. The van der Waals surface area contributed by atoms with Crippen LogP contribution in [0, 0.1) is 5.41 Å². The van der Waals surface area contributed by atoms with E-state index in [2.05, 4.69) is 31.1 Å². The molecule has 5 nitrogen and oxygen atoms in total. The number of hydrogen-bond donors (Lipinski definition) is 2. The van der Waals surface area contributed by atoms with Crippen molar-refractivity contribution in [1.29, 1.82) is 0 Å². The Morgan fingerprint density at radius 1 is 1.39 bits per heavy atom. The van der Waals surface area contributed by atoms with Crippen molar-refractivity contribution >= 4 is 28.2 Å². The van der Waals surface area contributed by atoms with Gasteiger partial charge in [-0.25, -0.2) is 9.78 Å². The van der Waals surface area contributed by atoms with Gasteiger partial charge in [0.25, 0.3) is 0 Å². The van der Waals surface area contributed by atoms with Gasteiger partial charge in [-0.2, -0.15) is 0 Å². The van der Waals surface area contributed by atoms with Gasteiger partial charge in [0.1, 0.15) is 4.88 Å². The predicted molar refractivity (Wildman–Crippen MR) is 71.6 cm³/mol. The first-order valence-electron chi connectivity index (χ1n) is 5.69. The highest BCUT2D eigenvalue weighted by Crippen LogP contribution is 2.25. The predicted octanol–water partition coefficient (Wildman–Crippen LogP) is 2.89. The monoisotopic (exact) mass is 270 g/mol. The van der Waals surface area contributed by atoms with E-state index in [4.69, 9.17) is 5.11 Å². The molecule has 1 heterocycles.